The summed E-state index contributed by atoms with van der Waals surface area (Å²) in [5, 5.41) is 0. The maximum atomic E-state index is 13.2. The van der Waals surface area contributed by atoms with E-state index >= 15 is 0 Å². The van der Waals surface area contributed by atoms with Crippen LogP contribution in [0.2, 0.25) is 0 Å². The quantitative estimate of drug-likeness (QED) is 0.458. The van der Waals surface area contributed by atoms with E-state index in [0.717, 1.165) is 0 Å². The first kappa shape index (κ1) is 18.3. The molecule has 1 unspecified atom stereocenters. The van der Waals surface area contributed by atoms with Crippen molar-refractivity contribution in [3.63, 3.8) is 0 Å². The van der Waals surface area contributed by atoms with E-state index in [2.05, 4.69) is 0 Å². The van der Waals surface area contributed by atoms with Crippen molar-refractivity contribution < 1.29 is 23.9 Å². The Hall–Kier alpha value is -2.47. The standard InChI is InChI=1S/C19H18ClNO5/c1-4-26-18(25)19(9-20)13-14(21(10(2)3)17(19)24)16(23)12-8-6-5-7-11(12)15(13)22/h5-8,10H,4,9H2,1-3H3. The third-order valence-corrected chi connectivity index (χ3v) is 5.09. The van der Waals surface area contributed by atoms with Gasteiger partial charge in [0.1, 0.15) is 5.70 Å². The van der Waals surface area contributed by atoms with Crippen LogP contribution in [0.3, 0.4) is 0 Å². The molecule has 0 bridgehead atoms. The molecule has 1 aliphatic heterocycles. The monoisotopic (exact) mass is 375 g/mol. The molecule has 0 radical (unpaired) electrons. The lowest BCUT2D eigenvalue weighted by atomic mass is 9.75. The number of esters is 1. The molecule has 2 aliphatic rings. The molecule has 0 fully saturated rings. The summed E-state index contributed by atoms with van der Waals surface area (Å²) in [5.74, 6) is -3.08. The number of Topliss-reactive ketones (excluding diaryl/α,β-unsaturated/α-hetero) is 2. The lowest BCUT2D eigenvalue weighted by Crippen LogP contribution is -2.48. The highest BCUT2D eigenvalue weighted by molar-refractivity contribution is 6.36. The minimum Gasteiger partial charge on any atom is -0.465 e. The largest absolute Gasteiger partial charge is 0.465 e. The maximum Gasteiger partial charge on any atom is 0.327 e. The normalized spacial score (nSPS) is 22.0. The van der Waals surface area contributed by atoms with Crippen LogP contribution in [0.5, 0.6) is 0 Å². The number of carbonyl (C=O) groups is 4. The van der Waals surface area contributed by atoms with Crippen molar-refractivity contribution in [1.82, 2.24) is 4.90 Å². The van der Waals surface area contributed by atoms with Gasteiger partial charge in [0.2, 0.25) is 5.78 Å². The van der Waals surface area contributed by atoms with Crippen LogP contribution < -0.4 is 0 Å². The van der Waals surface area contributed by atoms with E-state index in [1.807, 2.05) is 0 Å². The molecule has 1 heterocycles. The lowest BCUT2D eigenvalue weighted by Gasteiger charge is -2.27. The summed E-state index contributed by atoms with van der Waals surface area (Å²) in [6, 6.07) is 5.87. The van der Waals surface area contributed by atoms with Crippen LogP contribution in [-0.2, 0) is 14.3 Å². The van der Waals surface area contributed by atoms with Gasteiger partial charge in [-0.3, -0.25) is 19.2 Å². The Morgan fingerprint density at radius 3 is 2.23 bits per heavy atom. The van der Waals surface area contributed by atoms with E-state index in [9.17, 15) is 19.2 Å². The van der Waals surface area contributed by atoms with Gasteiger partial charge in [-0.2, -0.15) is 0 Å². The number of amides is 1. The van der Waals surface area contributed by atoms with E-state index < -0.39 is 40.8 Å². The van der Waals surface area contributed by atoms with Crippen molar-refractivity contribution in [3.05, 3.63) is 46.7 Å². The SMILES string of the molecule is CCOC(=O)C1(CCl)C(=O)N(C(C)C)C2=C1C(=O)c1ccccc1C2=O. The van der Waals surface area contributed by atoms with Gasteiger partial charge in [-0.15, -0.1) is 11.6 Å². The third-order valence-electron chi connectivity index (χ3n) is 4.69. The van der Waals surface area contributed by atoms with Crippen LogP contribution in [-0.4, -0.2) is 46.9 Å². The molecule has 1 aliphatic carbocycles. The molecule has 1 amide bonds. The molecule has 26 heavy (non-hydrogen) atoms. The van der Waals surface area contributed by atoms with E-state index in [1.165, 1.54) is 17.0 Å². The molecule has 7 heteroatoms. The Labute approximate surface area is 155 Å². The van der Waals surface area contributed by atoms with Crippen LogP contribution in [0.4, 0.5) is 0 Å². The van der Waals surface area contributed by atoms with E-state index in [0.29, 0.717) is 0 Å². The van der Waals surface area contributed by atoms with Crippen molar-refractivity contribution in [2.45, 2.75) is 26.8 Å². The predicted molar refractivity (Wildman–Crippen MR) is 93.9 cm³/mol. The van der Waals surface area contributed by atoms with Crippen LogP contribution in [0.1, 0.15) is 41.5 Å². The highest BCUT2D eigenvalue weighted by Crippen LogP contribution is 2.48. The molecule has 6 nitrogen and oxygen atoms in total. The Morgan fingerprint density at radius 2 is 1.73 bits per heavy atom. The molecule has 1 aromatic rings. The van der Waals surface area contributed by atoms with E-state index in [4.69, 9.17) is 16.3 Å². The molecule has 0 aromatic heterocycles. The fourth-order valence-corrected chi connectivity index (χ4v) is 3.87. The number of fused-ring (bicyclic) bond motifs is 1. The Morgan fingerprint density at radius 1 is 1.15 bits per heavy atom. The summed E-state index contributed by atoms with van der Waals surface area (Å²) in [5.41, 5.74) is -1.87. The molecular formula is C19H18ClNO5. The minimum atomic E-state index is -2.00. The second kappa shape index (κ2) is 6.36. The number of rotatable bonds is 4. The van der Waals surface area contributed by atoms with Gasteiger partial charge < -0.3 is 9.64 Å². The lowest BCUT2D eigenvalue weighted by molar-refractivity contribution is -0.158. The summed E-state index contributed by atoms with van der Waals surface area (Å²) < 4.78 is 5.07. The summed E-state index contributed by atoms with van der Waals surface area (Å²) >= 11 is 6.07. The first-order valence-corrected chi connectivity index (χ1v) is 8.86. The number of alkyl halides is 1. The highest BCUT2D eigenvalue weighted by atomic mass is 35.5. The summed E-state index contributed by atoms with van der Waals surface area (Å²) in [7, 11) is 0. The van der Waals surface area contributed by atoms with Crippen LogP contribution in [0.25, 0.3) is 0 Å². The predicted octanol–water partition coefficient (Wildman–Crippen LogP) is 2.36. The van der Waals surface area contributed by atoms with Crippen molar-refractivity contribution >= 4 is 35.0 Å². The first-order valence-electron chi connectivity index (χ1n) is 8.32. The highest BCUT2D eigenvalue weighted by Gasteiger charge is 2.63. The molecule has 0 spiro atoms. The zero-order chi connectivity index (χ0) is 19.2. The van der Waals surface area contributed by atoms with Crippen LogP contribution in [0.15, 0.2) is 35.5 Å². The Bertz CT molecular complexity index is 872. The van der Waals surface area contributed by atoms with Gasteiger partial charge >= 0.3 is 5.97 Å². The topological polar surface area (TPSA) is 80.8 Å². The molecular weight excluding hydrogens is 358 g/mol. The fourth-order valence-electron chi connectivity index (χ4n) is 3.52. The Balaban J connectivity index is 2.34. The molecule has 0 N–H and O–H groups in total. The summed E-state index contributed by atoms with van der Waals surface area (Å²) in [4.78, 5) is 53.4. The van der Waals surface area contributed by atoms with Crippen molar-refractivity contribution in [2.24, 2.45) is 5.41 Å². The molecule has 1 aromatic carbocycles. The van der Waals surface area contributed by atoms with Gasteiger partial charge in [-0.25, -0.2) is 0 Å². The number of ether oxygens (including phenoxy) is 1. The number of halogens is 1. The molecule has 3 rings (SSSR count). The molecule has 0 saturated heterocycles. The number of hydrogen-bond donors (Lipinski definition) is 0. The van der Waals surface area contributed by atoms with Gasteiger partial charge in [0.05, 0.1) is 18.1 Å². The second-order valence-electron chi connectivity index (χ2n) is 6.46. The molecule has 136 valence electrons. The maximum absolute atomic E-state index is 13.2. The van der Waals surface area contributed by atoms with Crippen LogP contribution >= 0.6 is 11.6 Å². The number of allylic oxidation sites excluding steroid dienone is 1. The number of carbonyl (C=O) groups excluding carboxylic acids is 4. The number of benzene rings is 1. The van der Waals surface area contributed by atoms with Crippen molar-refractivity contribution in [2.75, 3.05) is 12.5 Å². The second-order valence-corrected chi connectivity index (χ2v) is 6.72. The van der Waals surface area contributed by atoms with E-state index in [1.54, 1.807) is 32.9 Å². The van der Waals surface area contributed by atoms with Gasteiger partial charge in [0.15, 0.2) is 11.2 Å². The van der Waals surface area contributed by atoms with Gasteiger partial charge in [0, 0.05) is 17.2 Å². The first-order chi connectivity index (χ1) is 12.3. The third kappa shape index (κ3) is 2.18. The zero-order valence-electron chi connectivity index (χ0n) is 14.7. The average Bonchev–Trinajstić information content (AvgIpc) is 2.90. The fraction of sp³-hybridized carbons (Fsp3) is 0.368. The summed E-state index contributed by atoms with van der Waals surface area (Å²) in [6.45, 7) is 5.03. The van der Waals surface area contributed by atoms with E-state index in [-0.39, 0.29) is 29.0 Å². The smallest absolute Gasteiger partial charge is 0.327 e. The molecule has 1 atom stereocenters. The molecule has 0 saturated carbocycles. The number of ketones is 2. The van der Waals surface area contributed by atoms with Gasteiger partial charge in [-0.05, 0) is 20.8 Å². The number of hydrogen-bond acceptors (Lipinski definition) is 5. The van der Waals surface area contributed by atoms with Crippen molar-refractivity contribution in [1.29, 1.82) is 0 Å². The minimum absolute atomic E-state index is 0.0216. The van der Waals surface area contributed by atoms with Crippen LogP contribution in [0, 0.1) is 5.41 Å². The van der Waals surface area contributed by atoms with Gasteiger partial charge in [-0.1, -0.05) is 24.3 Å². The van der Waals surface area contributed by atoms with Crippen molar-refractivity contribution in [3.8, 4) is 0 Å². The summed E-state index contributed by atoms with van der Waals surface area (Å²) in [6.07, 6.45) is 0. The Kier molecular flexibility index (Phi) is 4.48. The van der Waals surface area contributed by atoms with Gasteiger partial charge in [0.25, 0.3) is 5.91 Å². The number of nitrogens with zero attached hydrogens (tertiary/aromatic N) is 1. The zero-order valence-corrected chi connectivity index (χ0v) is 15.4. The average molecular weight is 376 g/mol.